The number of hydrogen-bond acceptors (Lipinski definition) is 10. The van der Waals surface area contributed by atoms with E-state index in [9.17, 15) is 14.9 Å². The van der Waals surface area contributed by atoms with Gasteiger partial charge in [-0.05, 0) is 24.0 Å². The van der Waals surface area contributed by atoms with Gasteiger partial charge in [0, 0.05) is 17.9 Å². The van der Waals surface area contributed by atoms with Crippen LogP contribution in [0.1, 0.15) is 20.9 Å². The van der Waals surface area contributed by atoms with E-state index in [2.05, 4.69) is 25.1 Å². The molecule has 1 N–H and O–H groups in total. The van der Waals surface area contributed by atoms with Crippen LogP contribution in [-0.2, 0) is 5.75 Å². The summed E-state index contributed by atoms with van der Waals surface area (Å²) in [6.07, 6.45) is 0. The molecule has 1 aromatic carbocycles. The van der Waals surface area contributed by atoms with E-state index in [1.807, 2.05) is 0 Å². The van der Waals surface area contributed by atoms with Crippen molar-refractivity contribution in [1.29, 1.82) is 0 Å². The Bertz CT molecular complexity index is 908. The number of nitrogens with one attached hydrogen (secondary N) is 1. The number of rotatable bonds is 6. The lowest BCUT2D eigenvalue weighted by molar-refractivity contribution is -0.384. The number of carbonyl (C=O) groups is 1. The van der Waals surface area contributed by atoms with Crippen LogP contribution in [0.2, 0.25) is 0 Å². The van der Waals surface area contributed by atoms with E-state index < -0.39 is 4.92 Å². The normalized spacial score (nSPS) is 10.6. The van der Waals surface area contributed by atoms with E-state index in [1.165, 1.54) is 35.2 Å². The second-order valence-electron chi connectivity index (χ2n) is 4.73. The molecule has 0 atom stereocenters. The van der Waals surface area contributed by atoms with Gasteiger partial charge < -0.3 is 0 Å². The molecule has 0 spiro atoms. The Kier molecular flexibility index (Phi) is 5.31. The zero-order valence-electron chi connectivity index (χ0n) is 12.7. The van der Waals surface area contributed by atoms with Gasteiger partial charge in [0.25, 0.3) is 11.6 Å². The third-order valence-electron chi connectivity index (χ3n) is 2.99. The number of thioether (sulfide) groups is 1. The number of nitro groups is 1. The maximum atomic E-state index is 12.1. The topological polar surface area (TPSA) is 124 Å². The van der Waals surface area contributed by atoms with Crippen molar-refractivity contribution >= 4 is 51.4 Å². The summed E-state index contributed by atoms with van der Waals surface area (Å²) in [7, 11) is 0. The molecule has 2 heterocycles. The predicted octanol–water partition coefficient (Wildman–Crippen LogP) is 3.15. The molecule has 0 bridgehead atoms. The van der Waals surface area contributed by atoms with Crippen molar-refractivity contribution in [2.24, 2.45) is 0 Å². The van der Waals surface area contributed by atoms with Crippen LogP contribution in [0.3, 0.4) is 0 Å². The largest absolute Gasteiger partial charge is 0.296 e. The average Bonchev–Trinajstić information content (AvgIpc) is 3.22. The first-order valence-corrected chi connectivity index (χ1v) is 9.40. The molecule has 0 saturated heterocycles. The number of carbonyl (C=O) groups excluding carboxylic acids is 1. The molecule has 0 fully saturated rings. The van der Waals surface area contributed by atoms with E-state index >= 15 is 0 Å². The van der Waals surface area contributed by atoms with Gasteiger partial charge in [0.2, 0.25) is 5.13 Å². The fourth-order valence-corrected chi connectivity index (χ4v) is 4.03. The van der Waals surface area contributed by atoms with Gasteiger partial charge in [0.05, 0.1) is 10.6 Å². The Labute approximate surface area is 153 Å². The summed E-state index contributed by atoms with van der Waals surface area (Å²) in [5.74, 6) is 0.286. The van der Waals surface area contributed by atoms with E-state index in [0.717, 1.165) is 17.1 Å². The van der Waals surface area contributed by atoms with E-state index in [0.29, 0.717) is 25.8 Å². The Morgan fingerprint density at radius 1 is 1.28 bits per heavy atom. The molecule has 0 aliphatic rings. The molecule has 0 radical (unpaired) electrons. The monoisotopic (exact) mass is 394 g/mol. The molecule has 3 rings (SSSR count). The predicted molar refractivity (Wildman–Crippen MR) is 95.2 cm³/mol. The quantitative estimate of drug-likeness (QED) is 0.293. The molecule has 3 aromatic rings. The Hall–Kier alpha value is -2.44. The first-order chi connectivity index (χ1) is 12.0. The van der Waals surface area contributed by atoms with Crippen molar-refractivity contribution in [1.82, 2.24) is 19.8 Å². The fraction of sp³-hybridized carbons (Fsp3) is 0.154. The first kappa shape index (κ1) is 17.4. The second kappa shape index (κ2) is 7.63. The van der Waals surface area contributed by atoms with Crippen LogP contribution in [0, 0.1) is 17.0 Å². The summed E-state index contributed by atoms with van der Waals surface area (Å²) >= 11 is 3.72. The number of aryl methyl sites for hydroxylation is 1. The highest BCUT2D eigenvalue weighted by Crippen LogP contribution is 2.29. The van der Waals surface area contributed by atoms with Gasteiger partial charge in [0.1, 0.15) is 4.88 Å². The van der Waals surface area contributed by atoms with Crippen molar-refractivity contribution in [3.05, 3.63) is 50.5 Å². The summed E-state index contributed by atoms with van der Waals surface area (Å²) < 4.78 is 4.41. The van der Waals surface area contributed by atoms with Gasteiger partial charge in [-0.2, -0.15) is 0 Å². The Morgan fingerprint density at radius 3 is 2.68 bits per heavy atom. The highest BCUT2D eigenvalue weighted by molar-refractivity contribution is 8.00. The summed E-state index contributed by atoms with van der Waals surface area (Å²) in [6.45, 7) is 1.71. The molecule has 1 amide bonds. The number of hydrogen-bond donors (Lipinski definition) is 1. The summed E-state index contributed by atoms with van der Waals surface area (Å²) in [5.41, 5.74) is 1.56. The standard InChI is InChI=1S/C13H10N6O3S3/c1-7-10(25-18-15-7)11(20)14-12-16-17-13(24-12)23-6-8-2-4-9(5-3-8)19(21)22/h2-5H,6H2,1H3,(H,14,16,20). The number of anilines is 1. The molecule has 9 nitrogen and oxygen atoms in total. The number of aromatic nitrogens is 4. The minimum absolute atomic E-state index is 0.0579. The van der Waals surface area contributed by atoms with Crippen molar-refractivity contribution in [3.63, 3.8) is 0 Å². The molecule has 2 aromatic heterocycles. The van der Waals surface area contributed by atoms with Gasteiger partial charge in [-0.15, -0.1) is 15.3 Å². The average molecular weight is 394 g/mol. The summed E-state index contributed by atoms with van der Waals surface area (Å²) in [4.78, 5) is 22.7. The number of nitro benzene ring substituents is 1. The number of benzene rings is 1. The Morgan fingerprint density at radius 2 is 2.04 bits per heavy atom. The van der Waals surface area contributed by atoms with Crippen LogP contribution < -0.4 is 5.32 Å². The maximum absolute atomic E-state index is 12.1. The van der Waals surface area contributed by atoms with Crippen LogP contribution in [0.4, 0.5) is 10.8 Å². The molecule has 128 valence electrons. The molecule has 25 heavy (non-hydrogen) atoms. The third kappa shape index (κ3) is 4.35. The molecular formula is C13H10N6O3S3. The van der Waals surface area contributed by atoms with Gasteiger partial charge in [-0.25, -0.2) is 0 Å². The van der Waals surface area contributed by atoms with Crippen molar-refractivity contribution in [3.8, 4) is 0 Å². The number of amides is 1. The minimum Gasteiger partial charge on any atom is -0.296 e. The Balaban J connectivity index is 1.57. The number of nitrogens with zero attached hydrogens (tertiary/aromatic N) is 5. The lowest BCUT2D eigenvalue weighted by Crippen LogP contribution is -2.11. The third-order valence-corrected chi connectivity index (χ3v) is 5.86. The zero-order valence-corrected chi connectivity index (χ0v) is 15.2. The van der Waals surface area contributed by atoms with Gasteiger partial charge >= 0.3 is 0 Å². The van der Waals surface area contributed by atoms with Crippen molar-refractivity contribution < 1.29 is 9.72 Å². The zero-order chi connectivity index (χ0) is 17.8. The summed E-state index contributed by atoms with van der Waals surface area (Å²) in [5, 5.41) is 25.4. The number of non-ortho nitro benzene ring substituents is 1. The first-order valence-electron chi connectivity index (χ1n) is 6.83. The fourth-order valence-electron chi connectivity index (χ4n) is 1.77. The highest BCUT2D eigenvalue weighted by Gasteiger charge is 2.15. The minimum atomic E-state index is -0.434. The van der Waals surface area contributed by atoms with Crippen LogP contribution in [0.5, 0.6) is 0 Å². The molecular weight excluding hydrogens is 384 g/mol. The smallest absolute Gasteiger partial charge is 0.271 e. The lowest BCUT2D eigenvalue weighted by atomic mass is 10.2. The van der Waals surface area contributed by atoms with E-state index in [-0.39, 0.29) is 11.6 Å². The molecule has 0 aliphatic heterocycles. The van der Waals surface area contributed by atoms with Crippen LogP contribution in [0.25, 0.3) is 0 Å². The molecule has 0 aliphatic carbocycles. The highest BCUT2D eigenvalue weighted by atomic mass is 32.2. The molecule has 12 heteroatoms. The summed E-state index contributed by atoms with van der Waals surface area (Å²) in [6, 6.07) is 6.34. The van der Waals surface area contributed by atoms with Crippen LogP contribution in [-0.4, -0.2) is 30.6 Å². The maximum Gasteiger partial charge on any atom is 0.271 e. The SMILES string of the molecule is Cc1nnsc1C(=O)Nc1nnc(SCc2ccc([N+](=O)[O-])cc2)s1. The van der Waals surface area contributed by atoms with Gasteiger partial charge in [-0.1, -0.05) is 39.7 Å². The van der Waals surface area contributed by atoms with Crippen LogP contribution >= 0.6 is 34.6 Å². The van der Waals surface area contributed by atoms with E-state index in [4.69, 9.17) is 0 Å². The van der Waals surface area contributed by atoms with Crippen LogP contribution in [0.15, 0.2) is 28.6 Å². The molecule has 0 unspecified atom stereocenters. The van der Waals surface area contributed by atoms with Crippen molar-refractivity contribution in [2.75, 3.05) is 5.32 Å². The van der Waals surface area contributed by atoms with Crippen molar-refractivity contribution in [2.45, 2.75) is 17.0 Å². The lowest BCUT2D eigenvalue weighted by Gasteiger charge is -1.98. The van der Waals surface area contributed by atoms with Gasteiger partial charge in [-0.3, -0.25) is 20.2 Å². The van der Waals surface area contributed by atoms with Gasteiger partial charge in [0.15, 0.2) is 4.34 Å². The second-order valence-corrected chi connectivity index (χ2v) is 7.68. The molecule has 0 saturated carbocycles. The van der Waals surface area contributed by atoms with E-state index in [1.54, 1.807) is 19.1 Å².